The van der Waals surface area contributed by atoms with Crippen LogP contribution in [-0.2, 0) is 16.0 Å². The Labute approximate surface area is 112 Å². The van der Waals surface area contributed by atoms with Gasteiger partial charge in [0.15, 0.2) is 5.78 Å². The lowest BCUT2D eigenvalue weighted by Crippen LogP contribution is -2.08. The van der Waals surface area contributed by atoms with Crippen molar-refractivity contribution in [3.8, 4) is 0 Å². The first kappa shape index (κ1) is 12.5. The third-order valence-corrected chi connectivity index (χ3v) is 4.33. The number of ether oxygens (including phenoxy) is 1. The minimum absolute atomic E-state index is 0.0809. The maximum atomic E-state index is 11.6. The molecular weight excluding hydrogens is 304 g/mol. The molecule has 1 aliphatic carbocycles. The third-order valence-electron chi connectivity index (χ3n) is 2.65. The molecule has 0 amide bonds. The van der Waals surface area contributed by atoms with Crippen LogP contribution >= 0.6 is 27.3 Å². The summed E-state index contributed by atoms with van der Waals surface area (Å²) in [5.74, 6) is -0.199. The lowest BCUT2D eigenvalue weighted by molar-refractivity contribution is -0.136. The highest BCUT2D eigenvalue weighted by atomic mass is 79.9. The van der Waals surface area contributed by atoms with Crippen LogP contribution in [0.2, 0.25) is 0 Å². The lowest BCUT2D eigenvalue weighted by Gasteiger charge is -2.10. The monoisotopic (exact) mass is 314 g/mol. The van der Waals surface area contributed by atoms with Crippen LogP contribution in [0.5, 0.6) is 0 Å². The van der Waals surface area contributed by atoms with Gasteiger partial charge in [0.1, 0.15) is 0 Å². The molecule has 0 aliphatic heterocycles. The summed E-state index contributed by atoms with van der Waals surface area (Å²) in [4.78, 5) is 24.7. The molecule has 17 heavy (non-hydrogen) atoms. The van der Waals surface area contributed by atoms with Crippen LogP contribution in [0, 0.1) is 0 Å². The average Bonchev–Trinajstić information content (AvgIpc) is 2.79. The fourth-order valence-electron chi connectivity index (χ4n) is 1.76. The minimum atomic E-state index is -0.280. The summed E-state index contributed by atoms with van der Waals surface area (Å²) in [6.07, 6.45) is 3.31. The second kappa shape index (κ2) is 5.14. The van der Waals surface area contributed by atoms with Gasteiger partial charge >= 0.3 is 5.97 Å². The molecule has 1 heterocycles. The zero-order chi connectivity index (χ0) is 12.4. The van der Waals surface area contributed by atoms with Crippen molar-refractivity contribution in [1.82, 2.24) is 0 Å². The van der Waals surface area contributed by atoms with Crippen LogP contribution in [0.4, 0.5) is 0 Å². The molecule has 2 rings (SSSR count). The molecule has 0 unspecified atom stereocenters. The van der Waals surface area contributed by atoms with Crippen molar-refractivity contribution in [2.45, 2.75) is 12.8 Å². The van der Waals surface area contributed by atoms with Crippen molar-refractivity contribution in [1.29, 1.82) is 0 Å². The van der Waals surface area contributed by atoms with E-state index in [2.05, 4.69) is 15.9 Å². The SMILES string of the molecule is COC(=O)C1=Cc2sc(C(=O)CBr)cc2CC1. The number of ketones is 1. The second-order valence-electron chi connectivity index (χ2n) is 3.72. The minimum Gasteiger partial charge on any atom is -0.466 e. The number of alkyl halides is 1. The zero-order valence-electron chi connectivity index (χ0n) is 9.29. The van der Waals surface area contributed by atoms with Crippen LogP contribution in [-0.4, -0.2) is 24.2 Å². The highest BCUT2D eigenvalue weighted by Crippen LogP contribution is 2.32. The number of carbonyl (C=O) groups is 2. The van der Waals surface area contributed by atoms with Crippen LogP contribution in [0.1, 0.15) is 26.5 Å². The number of esters is 1. The van der Waals surface area contributed by atoms with Gasteiger partial charge in [-0.3, -0.25) is 4.79 Å². The quantitative estimate of drug-likeness (QED) is 0.489. The molecule has 0 radical (unpaired) electrons. The van der Waals surface area contributed by atoms with E-state index >= 15 is 0 Å². The molecule has 0 saturated heterocycles. The van der Waals surface area contributed by atoms with Crippen LogP contribution in [0.3, 0.4) is 0 Å². The molecule has 3 nitrogen and oxygen atoms in total. The second-order valence-corrected chi connectivity index (χ2v) is 5.36. The van der Waals surface area contributed by atoms with Gasteiger partial charge in [0.05, 0.1) is 17.3 Å². The predicted molar refractivity (Wildman–Crippen MR) is 70.8 cm³/mol. The highest BCUT2D eigenvalue weighted by Gasteiger charge is 2.20. The van der Waals surface area contributed by atoms with E-state index in [9.17, 15) is 9.59 Å². The molecule has 0 bridgehead atoms. The Kier molecular flexibility index (Phi) is 3.79. The van der Waals surface area contributed by atoms with Gasteiger partial charge in [-0.05, 0) is 30.5 Å². The summed E-state index contributed by atoms with van der Waals surface area (Å²) in [6, 6.07) is 1.92. The standard InChI is InChI=1S/C12H11BrO3S/c1-16-12(15)8-3-2-7-4-11(9(14)6-13)17-10(7)5-8/h4-5H,2-3,6H2,1H3. The normalized spacial score (nSPS) is 13.9. The van der Waals surface area contributed by atoms with Crippen molar-refractivity contribution in [3.63, 3.8) is 0 Å². The molecule has 1 aliphatic rings. The van der Waals surface area contributed by atoms with Gasteiger partial charge in [-0.1, -0.05) is 15.9 Å². The first-order valence-electron chi connectivity index (χ1n) is 5.16. The fraction of sp³-hybridized carbons (Fsp3) is 0.333. The fourth-order valence-corrected chi connectivity index (χ4v) is 3.36. The molecule has 0 atom stereocenters. The molecule has 0 fully saturated rings. The van der Waals surface area contributed by atoms with E-state index in [0.717, 1.165) is 21.7 Å². The van der Waals surface area contributed by atoms with Crippen LogP contribution < -0.4 is 0 Å². The van der Waals surface area contributed by atoms with Gasteiger partial charge in [0.2, 0.25) is 0 Å². The molecule has 0 aromatic carbocycles. The van der Waals surface area contributed by atoms with Crippen molar-refractivity contribution in [2.75, 3.05) is 12.4 Å². The van der Waals surface area contributed by atoms with E-state index < -0.39 is 0 Å². The van der Waals surface area contributed by atoms with Gasteiger partial charge in [-0.25, -0.2) is 4.79 Å². The zero-order valence-corrected chi connectivity index (χ0v) is 11.7. The van der Waals surface area contributed by atoms with E-state index in [1.165, 1.54) is 18.4 Å². The van der Waals surface area contributed by atoms with Gasteiger partial charge in [-0.2, -0.15) is 0 Å². The number of carbonyl (C=O) groups excluding carboxylic acids is 2. The van der Waals surface area contributed by atoms with E-state index in [0.29, 0.717) is 17.3 Å². The Morgan fingerprint density at radius 1 is 1.47 bits per heavy atom. The topological polar surface area (TPSA) is 43.4 Å². The number of fused-ring (bicyclic) bond motifs is 1. The lowest BCUT2D eigenvalue weighted by atomic mass is 9.98. The van der Waals surface area contributed by atoms with Crippen molar-refractivity contribution < 1.29 is 14.3 Å². The number of hydrogen-bond acceptors (Lipinski definition) is 4. The summed E-state index contributed by atoms with van der Waals surface area (Å²) in [5.41, 5.74) is 1.83. The van der Waals surface area contributed by atoms with E-state index in [4.69, 9.17) is 4.74 Å². The average molecular weight is 315 g/mol. The summed E-state index contributed by atoms with van der Waals surface area (Å²) in [5, 5.41) is 0.333. The van der Waals surface area contributed by atoms with Crippen LogP contribution in [0.15, 0.2) is 11.6 Å². The smallest absolute Gasteiger partial charge is 0.333 e. The summed E-state index contributed by atoms with van der Waals surface area (Å²) >= 11 is 4.59. The molecule has 0 saturated carbocycles. The molecule has 0 N–H and O–H groups in total. The number of aryl methyl sites for hydroxylation is 1. The Morgan fingerprint density at radius 3 is 2.88 bits per heavy atom. The van der Waals surface area contributed by atoms with Crippen LogP contribution in [0.25, 0.3) is 6.08 Å². The Morgan fingerprint density at radius 2 is 2.24 bits per heavy atom. The maximum Gasteiger partial charge on any atom is 0.333 e. The number of rotatable bonds is 3. The number of Topliss-reactive ketones (excluding diaryl/α,β-unsaturated/α-hetero) is 1. The summed E-state index contributed by atoms with van der Waals surface area (Å²) in [6.45, 7) is 0. The third kappa shape index (κ3) is 2.50. The summed E-state index contributed by atoms with van der Waals surface area (Å²) < 4.78 is 4.70. The Hall–Kier alpha value is -0.940. The van der Waals surface area contributed by atoms with Gasteiger partial charge in [0, 0.05) is 10.5 Å². The first-order chi connectivity index (χ1) is 8.15. The molecule has 90 valence electrons. The molecule has 0 spiro atoms. The maximum absolute atomic E-state index is 11.6. The summed E-state index contributed by atoms with van der Waals surface area (Å²) in [7, 11) is 1.38. The van der Waals surface area contributed by atoms with Crippen molar-refractivity contribution in [3.05, 3.63) is 27.0 Å². The molecule has 1 aromatic heterocycles. The first-order valence-corrected chi connectivity index (χ1v) is 7.10. The largest absolute Gasteiger partial charge is 0.466 e. The van der Waals surface area contributed by atoms with E-state index in [1.54, 1.807) is 0 Å². The molecule has 5 heteroatoms. The number of thiophene rings is 1. The number of hydrogen-bond donors (Lipinski definition) is 0. The number of halogens is 1. The van der Waals surface area contributed by atoms with E-state index in [1.807, 2.05) is 12.1 Å². The van der Waals surface area contributed by atoms with Crippen molar-refractivity contribution >= 4 is 45.1 Å². The number of methoxy groups -OCH3 is 1. The highest BCUT2D eigenvalue weighted by molar-refractivity contribution is 9.09. The van der Waals surface area contributed by atoms with Gasteiger partial charge in [-0.15, -0.1) is 11.3 Å². The van der Waals surface area contributed by atoms with Gasteiger partial charge in [0.25, 0.3) is 0 Å². The van der Waals surface area contributed by atoms with Gasteiger partial charge < -0.3 is 4.74 Å². The predicted octanol–water partition coefficient (Wildman–Crippen LogP) is 2.83. The van der Waals surface area contributed by atoms with Crippen molar-refractivity contribution in [2.24, 2.45) is 0 Å². The molecule has 1 aromatic rings. The van der Waals surface area contributed by atoms with E-state index in [-0.39, 0.29) is 11.8 Å². The Bertz CT molecular complexity index is 502. The molecular formula is C12H11BrO3S. The Balaban J connectivity index is 2.32.